The lowest BCUT2D eigenvalue weighted by Gasteiger charge is -2.19. The van der Waals surface area contributed by atoms with E-state index in [0.29, 0.717) is 18.2 Å². The van der Waals surface area contributed by atoms with Gasteiger partial charge in [-0.2, -0.15) is 0 Å². The van der Waals surface area contributed by atoms with Crippen molar-refractivity contribution in [2.24, 2.45) is 5.92 Å². The number of anilines is 4. The number of rotatable bonds is 5. The molecule has 0 saturated carbocycles. The first-order valence-electron chi connectivity index (χ1n) is 10.7. The van der Waals surface area contributed by atoms with Crippen LogP contribution in [0, 0.1) is 33.6 Å². The summed E-state index contributed by atoms with van der Waals surface area (Å²) in [5, 5.41) is 6.11. The van der Waals surface area contributed by atoms with Gasteiger partial charge in [-0.1, -0.05) is 12.1 Å². The fraction of sp³-hybridized carbons (Fsp3) is 0.280. The van der Waals surface area contributed by atoms with Gasteiger partial charge in [-0.3, -0.25) is 9.59 Å². The normalized spacial score (nSPS) is 15.7. The van der Waals surface area contributed by atoms with Gasteiger partial charge in [0.1, 0.15) is 0 Å². The fourth-order valence-corrected chi connectivity index (χ4v) is 3.92. The number of carbonyl (C=O) groups excluding carboxylic acids is 2. The molecule has 1 aliphatic heterocycles. The Kier molecular flexibility index (Phi) is 5.90. The molecule has 4 rings (SSSR count). The molecule has 0 aliphatic carbocycles. The Balaban J connectivity index is 1.39. The molecule has 1 aromatic heterocycles. The van der Waals surface area contributed by atoms with Crippen LogP contribution in [0.4, 0.5) is 23.0 Å². The van der Waals surface area contributed by atoms with Crippen molar-refractivity contribution < 1.29 is 9.59 Å². The predicted octanol–water partition coefficient (Wildman–Crippen LogP) is 4.45. The largest absolute Gasteiger partial charge is 0.326 e. The van der Waals surface area contributed by atoms with E-state index in [1.807, 2.05) is 76.2 Å². The highest BCUT2D eigenvalue weighted by Gasteiger charge is 2.35. The van der Waals surface area contributed by atoms with E-state index in [2.05, 4.69) is 20.6 Å². The van der Waals surface area contributed by atoms with Gasteiger partial charge in [0.15, 0.2) is 0 Å². The van der Waals surface area contributed by atoms with Crippen LogP contribution in [0.25, 0.3) is 0 Å². The molecule has 32 heavy (non-hydrogen) atoms. The molecule has 3 aromatic rings. The monoisotopic (exact) mass is 429 g/mol. The van der Waals surface area contributed by atoms with Crippen LogP contribution in [-0.2, 0) is 9.59 Å². The zero-order chi connectivity index (χ0) is 22.8. The zero-order valence-electron chi connectivity index (χ0n) is 18.8. The van der Waals surface area contributed by atoms with Crippen LogP contribution < -0.4 is 15.5 Å². The zero-order valence-corrected chi connectivity index (χ0v) is 18.8. The van der Waals surface area contributed by atoms with Crippen molar-refractivity contribution in [2.75, 3.05) is 22.1 Å². The van der Waals surface area contributed by atoms with Crippen LogP contribution in [0.2, 0.25) is 0 Å². The number of hydrogen-bond acceptors (Lipinski definition) is 5. The van der Waals surface area contributed by atoms with Gasteiger partial charge in [0.05, 0.1) is 5.92 Å². The SMILES string of the molecule is Cc1ccc(C)c(N2CC(C(=O)Nc3ccc(Nc4nc(C)cc(C)n4)cc3)CC2=O)c1. The highest BCUT2D eigenvalue weighted by atomic mass is 16.2. The molecule has 0 spiro atoms. The van der Waals surface area contributed by atoms with Crippen LogP contribution in [-0.4, -0.2) is 28.3 Å². The van der Waals surface area contributed by atoms with Gasteiger partial charge in [-0.25, -0.2) is 9.97 Å². The first-order valence-corrected chi connectivity index (χ1v) is 10.7. The van der Waals surface area contributed by atoms with Gasteiger partial charge in [0.2, 0.25) is 17.8 Å². The van der Waals surface area contributed by atoms with Crippen LogP contribution in [0.1, 0.15) is 28.9 Å². The van der Waals surface area contributed by atoms with Crippen molar-refractivity contribution in [1.29, 1.82) is 0 Å². The molecular formula is C25H27N5O2. The number of aryl methyl sites for hydroxylation is 4. The van der Waals surface area contributed by atoms with E-state index in [9.17, 15) is 9.59 Å². The summed E-state index contributed by atoms with van der Waals surface area (Å²) in [5.41, 5.74) is 6.29. The number of nitrogens with zero attached hydrogens (tertiary/aromatic N) is 3. The Morgan fingerprint density at radius 1 is 0.938 bits per heavy atom. The lowest BCUT2D eigenvalue weighted by molar-refractivity contribution is -0.122. The molecule has 1 unspecified atom stereocenters. The van der Waals surface area contributed by atoms with Crippen molar-refractivity contribution in [3.05, 3.63) is 71.0 Å². The minimum Gasteiger partial charge on any atom is -0.326 e. The lowest BCUT2D eigenvalue weighted by Crippen LogP contribution is -2.28. The molecule has 0 bridgehead atoms. The number of aromatic nitrogens is 2. The average molecular weight is 430 g/mol. The first kappa shape index (κ1) is 21.5. The second kappa shape index (κ2) is 8.78. The summed E-state index contributed by atoms with van der Waals surface area (Å²) in [6, 6.07) is 15.3. The minimum absolute atomic E-state index is 0.0214. The number of benzene rings is 2. The van der Waals surface area contributed by atoms with Gasteiger partial charge < -0.3 is 15.5 Å². The maximum Gasteiger partial charge on any atom is 0.229 e. The molecule has 1 aliphatic rings. The molecule has 2 N–H and O–H groups in total. The third-order valence-corrected chi connectivity index (χ3v) is 5.54. The summed E-state index contributed by atoms with van der Waals surface area (Å²) in [6.45, 7) is 8.21. The van der Waals surface area contributed by atoms with Crippen LogP contribution >= 0.6 is 0 Å². The molecule has 7 heteroatoms. The van der Waals surface area contributed by atoms with Gasteiger partial charge >= 0.3 is 0 Å². The molecule has 7 nitrogen and oxygen atoms in total. The van der Waals surface area contributed by atoms with Gasteiger partial charge in [0.25, 0.3) is 0 Å². The first-order chi connectivity index (χ1) is 15.3. The Morgan fingerprint density at radius 3 is 2.28 bits per heavy atom. The second-order valence-electron chi connectivity index (χ2n) is 8.36. The standard InChI is InChI=1S/C25H27N5O2/c1-15-5-6-16(2)22(11-15)30-14-19(13-23(30)31)24(32)28-20-7-9-21(10-8-20)29-25-26-17(3)12-18(4)27-25/h5-12,19H,13-14H2,1-4H3,(H,28,32)(H,26,27,29). The summed E-state index contributed by atoms with van der Waals surface area (Å²) in [7, 11) is 0. The number of nitrogens with one attached hydrogen (secondary N) is 2. The van der Waals surface area contributed by atoms with Crippen molar-refractivity contribution in [1.82, 2.24) is 9.97 Å². The van der Waals surface area contributed by atoms with Crippen LogP contribution in [0.5, 0.6) is 0 Å². The molecule has 1 saturated heterocycles. The minimum atomic E-state index is -0.385. The molecular weight excluding hydrogens is 402 g/mol. The maximum atomic E-state index is 12.8. The van der Waals surface area contributed by atoms with Crippen molar-refractivity contribution in [2.45, 2.75) is 34.1 Å². The van der Waals surface area contributed by atoms with Gasteiger partial charge in [-0.15, -0.1) is 0 Å². The van der Waals surface area contributed by atoms with Crippen LogP contribution in [0.15, 0.2) is 48.5 Å². The summed E-state index contributed by atoms with van der Waals surface area (Å²) < 4.78 is 0. The Bertz CT molecular complexity index is 1150. The summed E-state index contributed by atoms with van der Waals surface area (Å²) in [5.74, 6) is -0.0180. The molecule has 2 amide bonds. The number of carbonyl (C=O) groups is 2. The highest BCUT2D eigenvalue weighted by molar-refractivity contribution is 6.04. The van der Waals surface area contributed by atoms with Crippen molar-refractivity contribution >= 4 is 34.8 Å². The molecule has 164 valence electrons. The average Bonchev–Trinajstić information content (AvgIpc) is 3.12. The lowest BCUT2D eigenvalue weighted by atomic mass is 10.1. The van der Waals surface area contributed by atoms with Crippen molar-refractivity contribution in [3.63, 3.8) is 0 Å². The van der Waals surface area contributed by atoms with E-state index >= 15 is 0 Å². The van der Waals surface area contributed by atoms with Crippen molar-refractivity contribution in [3.8, 4) is 0 Å². The summed E-state index contributed by atoms with van der Waals surface area (Å²) in [4.78, 5) is 35.9. The van der Waals surface area contributed by atoms with E-state index in [4.69, 9.17) is 0 Å². The highest BCUT2D eigenvalue weighted by Crippen LogP contribution is 2.29. The quantitative estimate of drug-likeness (QED) is 0.626. The summed E-state index contributed by atoms with van der Waals surface area (Å²) >= 11 is 0. The smallest absolute Gasteiger partial charge is 0.229 e. The van der Waals surface area contributed by atoms with E-state index in [1.165, 1.54) is 0 Å². The number of hydrogen-bond donors (Lipinski definition) is 2. The second-order valence-corrected chi connectivity index (χ2v) is 8.36. The molecule has 2 aromatic carbocycles. The Labute approximate surface area is 187 Å². The van der Waals surface area contributed by atoms with Gasteiger partial charge in [0, 0.05) is 41.4 Å². The summed E-state index contributed by atoms with van der Waals surface area (Å²) in [6.07, 6.45) is 0.211. The molecule has 2 heterocycles. The molecule has 0 radical (unpaired) electrons. The van der Waals surface area contributed by atoms with Crippen LogP contribution in [0.3, 0.4) is 0 Å². The molecule has 1 fully saturated rings. The molecule has 1 atom stereocenters. The van der Waals surface area contributed by atoms with E-state index in [1.54, 1.807) is 4.90 Å². The van der Waals surface area contributed by atoms with E-state index in [-0.39, 0.29) is 24.2 Å². The Morgan fingerprint density at radius 2 is 1.59 bits per heavy atom. The maximum absolute atomic E-state index is 12.8. The van der Waals surface area contributed by atoms with E-state index < -0.39 is 0 Å². The third kappa shape index (κ3) is 4.77. The topological polar surface area (TPSA) is 87.2 Å². The Hall–Kier alpha value is -3.74. The predicted molar refractivity (Wildman–Crippen MR) is 126 cm³/mol. The fourth-order valence-electron chi connectivity index (χ4n) is 3.92. The third-order valence-electron chi connectivity index (χ3n) is 5.54. The number of amides is 2. The van der Waals surface area contributed by atoms with E-state index in [0.717, 1.165) is 33.9 Å². The van der Waals surface area contributed by atoms with Gasteiger partial charge in [-0.05, 0) is 75.2 Å².